The summed E-state index contributed by atoms with van der Waals surface area (Å²) in [5, 5.41) is 11.1. The van der Waals surface area contributed by atoms with Crippen molar-refractivity contribution >= 4 is 11.9 Å². The van der Waals surface area contributed by atoms with Gasteiger partial charge >= 0.3 is 5.97 Å². The van der Waals surface area contributed by atoms with E-state index in [9.17, 15) is 9.59 Å². The summed E-state index contributed by atoms with van der Waals surface area (Å²) < 4.78 is 0. The number of carbonyl (C=O) groups is 2. The Morgan fingerprint density at radius 1 is 1.28 bits per heavy atom. The Hall–Kier alpha value is -2.10. The van der Waals surface area contributed by atoms with Crippen LogP contribution in [0.3, 0.4) is 0 Å². The van der Waals surface area contributed by atoms with Gasteiger partial charge in [0.1, 0.15) is 5.70 Å². The van der Waals surface area contributed by atoms with Crippen LogP contribution >= 0.6 is 0 Å². The zero-order valence-electron chi connectivity index (χ0n) is 10.3. The number of amides is 1. The van der Waals surface area contributed by atoms with Gasteiger partial charge in [0, 0.05) is 6.42 Å². The Kier molecular flexibility index (Phi) is 5.64. The first kappa shape index (κ1) is 14.0. The van der Waals surface area contributed by atoms with Crippen molar-refractivity contribution in [1.82, 2.24) is 5.32 Å². The van der Waals surface area contributed by atoms with Gasteiger partial charge in [-0.15, -0.1) is 0 Å². The molecule has 4 heteroatoms. The molecule has 1 amide bonds. The van der Waals surface area contributed by atoms with Gasteiger partial charge in [0.05, 0.1) is 0 Å². The monoisotopic (exact) mass is 247 g/mol. The molecular formula is C14H17NO3. The van der Waals surface area contributed by atoms with E-state index in [4.69, 9.17) is 5.11 Å². The first-order valence-corrected chi connectivity index (χ1v) is 5.87. The summed E-state index contributed by atoms with van der Waals surface area (Å²) in [6, 6.07) is 9.87. The molecule has 0 spiro atoms. The van der Waals surface area contributed by atoms with E-state index < -0.39 is 5.97 Å². The number of carboxylic acids is 1. The molecule has 1 aromatic carbocycles. The number of hydrogen-bond donors (Lipinski definition) is 2. The highest BCUT2D eigenvalue weighted by atomic mass is 16.4. The minimum absolute atomic E-state index is 0.0697. The van der Waals surface area contributed by atoms with Crippen LogP contribution in [0.5, 0.6) is 0 Å². The molecule has 1 aromatic rings. The second kappa shape index (κ2) is 7.27. The molecule has 0 saturated heterocycles. The molecule has 1 rings (SSSR count). The van der Waals surface area contributed by atoms with Crippen LogP contribution in [-0.4, -0.2) is 17.0 Å². The lowest BCUT2D eigenvalue weighted by Gasteiger charge is -2.05. The van der Waals surface area contributed by atoms with Crippen molar-refractivity contribution < 1.29 is 14.7 Å². The van der Waals surface area contributed by atoms with E-state index in [1.54, 1.807) is 6.92 Å². The normalized spacial score (nSPS) is 11.1. The molecule has 0 heterocycles. The highest BCUT2D eigenvalue weighted by Crippen LogP contribution is 2.04. The van der Waals surface area contributed by atoms with E-state index in [1.165, 1.54) is 11.6 Å². The fraction of sp³-hybridized carbons (Fsp3) is 0.286. The molecule has 0 aliphatic carbocycles. The van der Waals surface area contributed by atoms with Crippen molar-refractivity contribution in [2.45, 2.75) is 26.2 Å². The maximum atomic E-state index is 11.5. The van der Waals surface area contributed by atoms with E-state index in [2.05, 4.69) is 5.32 Å². The fourth-order valence-electron chi connectivity index (χ4n) is 1.56. The van der Waals surface area contributed by atoms with E-state index in [1.807, 2.05) is 30.3 Å². The lowest BCUT2D eigenvalue weighted by molar-refractivity contribution is -0.134. The Morgan fingerprint density at radius 3 is 2.50 bits per heavy atom. The number of aryl methyl sites for hydroxylation is 1. The minimum atomic E-state index is -1.12. The predicted molar refractivity (Wildman–Crippen MR) is 68.9 cm³/mol. The van der Waals surface area contributed by atoms with Crippen molar-refractivity contribution in [2.24, 2.45) is 0 Å². The molecule has 4 nitrogen and oxygen atoms in total. The Labute approximate surface area is 106 Å². The first-order chi connectivity index (χ1) is 8.63. The third kappa shape index (κ3) is 4.82. The van der Waals surface area contributed by atoms with Gasteiger partial charge in [-0.3, -0.25) is 4.79 Å². The number of rotatable bonds is 6. The average Bonchev–Trinajstić information content (AvgIpc) is 2.37. The number of nitrogens with one attached hydrogen (secondary N) is 1. The Morgan fingerprint density at radius 2 is 1.94 bits per heavy atom. The summed E-state index contributed by atoms with van der Waals surface area (Å²) in [5.74, 6) is -1.38. The summed E-state index contributed by atoms with van der Waals surface area (Å²) in [6.07, 6.45) is 3.20. The molecule has 0 aliphatic rings. The molecule has 0 radical (unpaired) electrons. The Balaban J connectivity index is 2.32. The number of aliphatic carboxylic acids is 1. The molecule has 0 aromatic heterocycles. The molecule has 0 fully saturated rings. The molecule has 0 atom stereocenters. The number of hydrogen-bond acceptors (Lipinski definition) is 2. The summed E-state index contributed by atoms with van der Waals surface area (Å²) in [7, 11) is 0. The van der Waals surface area contributed by atoms with Gasteiger partial charge in [0.15, 0.2) is 0 Å². The van der Waals surface area contributed by atoms with Crippen LogP contribution in [0.15, 0.2) is 42.1 Å². The van der Waals surface area contributed by atoms with E-state index in [0.29, 0.717) is 12.8 Å². The fourth-order valence-corrected chi connectivity index (χ4v) is 1.56. The molecule has 0 aliphatic heterocycles. The van der Waals surface area contributed by atoms with E-state index >= 15 is 0 Å². The van der Waals surface area contributed by atoms with Crippen molar-refractivity contribution in [2.75, 3.05) is 0 Å². The molecule has 2 N–H and O–H groups in total. The molecule has 18 heavy (non-hydrogen) atoms. The van der Waals surface area contributed by atoms with Crippen LogP contribution in [0.4, 0.5) is 0 Å². The summed E-state index contributed by atoms with van der Waals surface area (Å²) in [5.41, 5.74) is 1.11. The molecule has 96 valence electrons. The lowest BCUT2D eigenvalue weighted by Crippen LogP contribution is -2.26. The topological polar surface area (TPSA) is 66.4 Å². The maximum Gasteiger partial charge on any atom is 0.352 e. The van der Waals surface area contributed by atoms with Crippen LogP contribution < -0.4 is 5.32 Å². The lowest BCUT2D eigenvalue weighted by atomic mass is 10.1. The van der Waals surface area contributed by atoms with Gasteiger partial charge in [0.25, 0.3) is 0 Å². The van der Waals surface area contributed by atoms with Gasteiger partial charge < -0.3 is 10.4 Å². The van der Waals surface area contributed by atoms with Gasteiger partial charge in [-0.1, -0.05) is 36.4 Å². The van der Waals surface area contributed by atoms with Crippen LogP contribution in [0.2, 0.25) is 0 Å². The van der Waals surface area contributed by atoms with Gasteiger partial charge in [-0.25, -0.2) is 4.79 Å². The third-order valence-corrected chi connectivity index (χ3v) is 2.51. The van der Waals surface area contributed by atoms with Crippen molar-refractivity contribution in [1.29, 1.82) is 0 Å². The zero-order chi connectivity index (χ0) is 13.4. The number of carboxylic acid groups (broad SMARTS) is 1. The van der Waals surface area contributed by atoms with Gasteiger partial charge in [0.2, 0.25) is 5.91 Å². The molecule has 0 saturated carbocycles. The van der Waals surface area contributed by atoms with Crippen LogP contribution in [0.1, 0.15) is 25.3 Å². The van der Waals surface area contributed by atoms with Crippen LogP contribution in [0.25, 0.3) is 0 Å². The summed E-state index contributed by atoms with van der Waals surface area (Å²) in [4.78, 5) is 22.2. The Bertz CT molecular complexity index is 438. The zero-order valence-corrected chi connectivity index (χ0v) is 10.3. The second-order valence-corrected chi connectivity index (χ2v) is 3.89. The minimum Gasteiger partial charge on any atom is -0.477 e. The summed E-state index contributed by atoms with van der Waals surface area (Å²) >= 11 is 0. The van der Waals surface area contributed by atoms with E-state index in [-0.39, 0.29) is 11.6 Å². The van der Waals surface area contributed by atoms with Crippen molar-refractivity contribution in [3.8, 4) is 0 Å². The quantitative estimate of drug-likeness (QED) is 0.757. The smallest absolute Gasteiger partial charge is 0.352 e. The van der Waals surface area contributed by atoms with Crippen molar-refractivity contribution in [3.63, 3.8) is 0 Å². The highest BCUT2D eigenvalue weighted by molar-refractivity contribution is 5.92. The van der Waals surface area contributed by atoms with Gasteiger partial charge in [-0.2, -0.15) is 0 Å². The highest BCUT2D eigenvalue weighted by Gasteiger charge is 2.09. The number of carbonyl (C=O) groups excluding carboxylic acids is 1. The van der Waals surface area contributed by atoms with Crippen molar-refractivity contribution in [3.05, 3.63) is 47.7 Å². The number of benzene rings is 1. The average molecular weight is 247 g/mol. The summed E-state index contributed by atoms with van der Waals surface area (Å²) in [6.45, 7) is 1.58. The second-order valence-electron chi connectivity index (χ2n) is 3.89. The van der Waals surface area contributed by atoms with Crippen LogP contribution in [0, 0.1) is 0 Å². The molecular weight excluding hydrogens is 230 g/mol. The largest absolute Gasteiger partial charge is 0.477 e. The maximum absolute atomic E-state index is 11.5. The predicted octanol–water partition coefficient (Wildman–Crippen LogP) is 2.11. The molecule has 0 bridgehead atoms. The molecule has 0 unspecified atom stereocenters. The van der Waals surface area contributed by atoms with E-state index in [0.717, 1.165) is 6.42 Å². The SMILES string of the molecule is C/C=C(\NC(=O)CCCc1ccccc1)C(=O)O. The first-order valence-electron chi connectivity index (χ1n) is 5.87. The standard InChI is InChI=1S/C14H17NO3/c1-2-12(14(17)18)15-13(16)10-6-9-11-7-4-3-5-8-11/h2-5,7-8H,6,9-10H2,1H3,(H,15,16)(H,17,18)/b12-2-. The van der Waals surface area contributed by atoms with Crippen LogP contribution in [-0.2, 0) is 16.0 Å². The third-order valence-electron chi connectivity index (χ3n) is 2.51. The number of allylic oxidation sites excluding steroid dienone is 1. The van der Waals surface area contributed by atoms with Gasteiger partial charge in [-0.05, 0) is 25.3 Å².